The average Bonchev–Trinajstić information content (AvgIpc) is 3.06. The molecule has 1 aliphatic heterocycles. The fourth-order valence-corrected chi connectivity index (χ4v) is 3.73. The Labute approximate surface area is 128 Å². The van der Waals surface area contributed by atoms with E-state index in [1.807, 2.05) is 25.5 Å². The molecule has 1 aliphatic rings. The molecule has 0 aliphatic carbocycles. The van der Waals surface area contributed by atoms with E-state index in [4.69, 9.17) is 4.74 Å². The molecule has 5 heteroatoms. The second-order valence-electron chi connectivity index (χ2n) is 5.13. The normalized spacial score (nSPS) is 15.2. The fourth-order valence-electron chi connectivity index (χ4n) is 2.74. The molecule has 4 nitrogen and oxygen atoms in total. The Bertz CT molecular complexity index is 681. The first-order valence-corrected chi connectivity index (χ1v) is 7.71. The zero-order chi connectivity index (χ0) is 15.0. The van der Waals surface area contributed by atoms with Gasteiger partial charge in [0.15, 0.2) is 0 Å². The summed E-state index contributed by atoms with van der Waals surface area (Å²) in [7, 11) is 5.45. The highest BCUT2D eigenvalue weighted by Crippen LogP contribution is 2.34. The first-order valence-electron chi connectivity index (χ1n) is 6.83. The Morgan fingerprint density at radius 3 is 2.86 bits per heavy atom. The lowest BCUT2D eigenvalue weighted by molar-refractivity contribution is -0.117. The van der Waals surface area contributed by atoms with Gasteiger partial charge < -0.3 is 15.0 Å². The van der Waals surface area contributed by atoms with Crippen LogP contribution in [0, 0.1) is 0 Å². The van der Waals surface area contributed by atoms with E-state index in [0.29, 0.717) is 6.42 Å². The Kier molecular flexibility index (Phi) is 3.69. The largest absolute Gasteiger partial charge is 0.496 e. The third-order valence-electron chi connectivity index (χ3n) is 3.92. The molecule has 0 saturated carbocycles. The van der Waals surface area contributed by atoms with Crippen LogP contribution < -0.4 is 15.0 Å². The van der Waals surface area contributed by atoms with Gasteiger partial charge in [-0.3, -0.25) is 4.79 Å². The molecule has 0 spiro atoms. The molecule has 110 valence electrons. The summed E-state index contributed by atoms with van der Waals surface area (Å²) in [6.45, 7) is 0. The van der Waals surface area contributed by atoms with Crippen molar-refractivity contribution in [1.29, 1.82) is 0 Å². The minimum atomic E-state index is 0.116. The van der Waals surface area contributed by atoms with Crippen LogP contribution in [0.4, 0.5) is 5.69 Å². The average molecular weight is 302 g/mol. The molecular formula is C16H18N2O2S. The highest BCUT2D eigenvalue weighted by atomic mass is 32.1. The second kappa shape index (κ2) is 5.50. The molecule has 3 rings (SSSR count). The Hall–Kier alpha value is -1.85. The van der Waals surface area contributed by atoms with Crippen molar-refractivity contribution in [2.45, 2.75) is 12.5 Å². The Morgan fingerprint density at radius 1 is 1.38 bits per heavy atom. The number of thiophene rings is 1. The zero-order valence-corrected chi connectivity index (χ0v) is 13.2. The molecule has 2 aromatic rings. The number of methoxy groups -OCH3 is 1. The molecule has 1 atom stereocenters. The van der Waals surface area contributed by atoms with Gasteiger partial charge in [-0.1, -0.05) is 12.1 Å². The number of rotatable bonds is 4. The van der Waals surface area contributed by atoms with Gasteiger partial charge in [-0.25, -0.2) is 0 Å². The molecule has 21 heavy (non-hydrogen) atoms. The third-order valence-corrected chi connectivity index (χ3v) is 4.89. The van der Waals surface area contributed by atoms with Gasteiger partial charge in [-0.2, -0.15) is 0 Å². The summed E-state index contributed by atoms with van der Waals surface area (Å²) in [5.41, 5.74) is 3.29. The summed E-state index contributed by atoms with van der Waals surface area (Å²) in [6, 6.07) is 8.41. The number of fused-ring (bicyclic) bond motifs is 1. The maximum absolute atomic E-state index is 11.8. The van der Waals surface area contributed by atoms with Crippen LogP contribution in [0.1, 0.15) is 22.0 Å². The van der Waals surface area contributed by atoms with Crippen molar-refractivity contribution in [3.63, 3.8) is 0 Å². The smallest absolute Gasteiger partial charge is 0.231 e. The van der Waals surface area contributed by atoms with Crippen LogP contribution in [0.2, 0.25) is 0 Å². The maximum atomic E-state index is 11.8. The van der Waals surface area contributed by atoms with E-state index in [1.54, 1.807) is 23.3 Å². The third kappa shape index (κ3) is 2.43. The van der Waals surface area contributed by atoms with Crippen molar-refractivity contribution in [3.8, 4) is 5.75 Å². The lowest BCUT2D eigenvalue weighted by Crippen LogP contribution is -2.20. The van der Waals surface area contributed by atoms with E-state index in [1.165, 1.54) is 10.4 Å². The van der Waals surface area contributed by atoms with Gasteiger partial charge in [0.1, 0.15) is 5.75 Å². The van der Waals surface area contributed by atoms with Gasteiger partial charge in [0.05, 0.1) is 19.6 Å². The Balaban J connectivity index is 1.95. The first-order chi connectivity index (χ1) is 10.1. The molecule has 0 radical (unpaired) electrons. The van der Waals surface area contributed by atoms with Gasteiger partial charge in [0.2, 0.25) is 5.91 Å². The molecule has 1 aromatic carbocycles. The van der Waals surface area contributed by atoms with Crippen molar-refractivity contribution < 1.29 is 9.53 Å². The topological polar surface area (TPSA) is 41.6 Å². The van der Waals surface area contributed by atoms with Crippen molar-refractivity contribution in [3.05, 3.63) is 45.6 Å². The van der Waals surface area contributed by atoms with Crippen LogP contribution >= 0.6 is 11.3 Å². The predicted octanol–water partition coefficient (Wildman–Crippen LogP) is 2.58. The van der Waals surface area contributed by atoms with Crippen LogP contribution in [0.5, 0.6) is 5.75 Å². The monoisotopic (exact) mass is 302 g/mol. The lowest BCUT2D eigenvalue weighted by Gasteiger charge is -2.17. The molecule has 0 saturated heterocycles. The zero-order valence-electron chi connectivity index (χ0n) is 12.3. The number of nitrogens with zero attached hydrogens (tertiary/aromatic N) is 1. The number of likely N-dealkylation sites (N-methyl/N-ethyl adjacent to an activating group) is 1. The van der Waals surface area contributed by atoms with E-state index < -0.39 is 0 Å². The molecule has 1 amide bonds. The molecule has 1 aromatic heterocycles. The highest BCUT2D eigenvalue weighted by molar-refractivity contribution is 7.10. The van der Waals surface area contributed by atoms with Crippen LogP contribution in [0.3, 0.4) is 0 Å². The Morgan fingerprint density at radius 2 is 2.19 bits per heavy atom. The van der Waals surface area contributed by atoms with Crippen molar-refractivity contribution in [1.82, 2.24) is 5.32 Å². The van der Waals surface area contributed by atoms with Crippen LogP contribution in [0.15, 0.2) is 29.6 Å². The number of nitrogens with one attached hydrogen (secondary N) is 1. The maximum Gasteiger partial charge on any atom is 0.231 e. The molecular weight excluding hydrogens is 284 g/mol. The summed E-state index contributed by atoms with van der Waals surface area (Å²) < 4.78 is 5.26. The van der Waals surface area contributed by atoms with Gasteiger partial charge in [0.25, 0.3) is 0 Å². The van der Waals surface area contributed by atoms with Crippen LogP contribution in [-0.2, 0) is 11.2 Å². The molecule has 1 unspecified atom stereocenters. The van der Waals surface area contributed by atoms with Crippen molar-refractivity contribution in [2.75, 3.05) is 26.1 Å². The fraction of sp³-hybridized carbons (Fsp3) is 0.312. The van der Waals surface area contributed by atoms with Crippen molar-refractivity contribution in [2.24, 2.45) is 0 Å². The van der Waals surface area contributed by atoms with E-state index in [9.17, 15) is 4.79 Å². The van der Waals surface area contributed by atoms with E-state index >= 15 is 0 Å². The quantitative estimate of drug-likeness (QED) is 0.944. The number of ether oxygens (including phenoxy) is 1. The number of carbonyl (C=O) groups is 1. The lowest BCUT2D eigenvalue weighted by atomic mass is 10.0. The molecule has 2 heterocycles. The standard InChI is InChI=1S/C16H18N2O2S/c1-17-16(14-8-12(20-3)9-21-14)10-4-5-13-11(6-10)7-15(19)18(13)2/h4-6,8-9,16-17H,7H2,1-3H3. The summed E-state index contributed by atoms with van der Waals surface area (Å²) >= 11 is 1.67. The summed E-state index contributed by atoms with van der Waals surface area (Å²) in [6.07, 6.45) is 0.490. The summed E-state index contributed by atoms with van der Waals surface area (Å²) in [5.74, 6) is 1.03. The predicted molar refractivity (Wildman–Crippen MR) is 85.3 cm³/mol. The molecule has 0 bridgehead atoms. The minimum absolute atomic E-state index is 0.116. The van der Waals surface area contributed by atoms with Gasteiger partial charge in [-0.05, 0) is 30.3 Å². The number of amides is 1. The van der Waals surface area contributed by atoms with Gasteiger partial charge >= 0.3 is 0 Å². The SMILES string of the molecule is CNC(c1ccc2c(c1)CC(=O)N2C)c1cc(OC)cs1. The summed E-state index contributed by atoms with van der Waals surface area (Å²) in [5, 5.41) is 5.35. The number of anilines is 1. The summed E-state index contributed by atoms with van der Waals surface area (Å²) in [4.78, 5) is 14.7. The van der Waals surface area contributed by atoms with Crippen LogP contribution in [0.25, 0.3) is 0 Å². The van der Waals surface area contributed by atoms with Gasteiger partial charge in [0, 0.05) is 23.0 Å². The first kappa shape index (κ1) is 14.1. The molecule has 0 fully saturated rings. The van der Waals surface area contributed by atoms with E-state index in [-0.39, 0.29) is 11.9 Å². The number of carbonyl (C=O) groups excluding carboxylic acids is 1. The number of hydrogen-bond donors (Lipinski definition) is 1. The second-order valence-corrected chi connectivity index (χ2v) is 6.07. The molecule has 1 N–H and O–H groups in total. The number of hydrogen-bond acceptors (Lipinski definition) is 4. The number of benzene rings is 1. The van der Waals surface area contributed by atoms with Gasteiger partial charge in [-0.15, -0.1) is 11.3 Å². The van der Waals surface area contributed by atoms with Crippen LogP contribution in [-0.4, -0.2) is 27.1 Å². The van der Waals surface area contributed by atoms with Crippen molar-refractivity contribution >= 4 is 22.9 Å². The minimum Gasteiger partial charge on any atom is -0.496 e. The van der Waals surface area contributed by atoms with E-state index in [0.717, 1.165) is 17.0 Å². The highest BCUT2D eigenvalue weighted by Gasteiger charge is 2.25. The van der Waals surface area contributed by atoms with E-state index in [2.05, 4.69) is 23.5 Å².